The molecule has 0 aromatic heterocycles. The van der Waals surface area contributed by atoms with Crippen LogP contribution in [0.1, 0.15) is 51.9 Å². The highest BCUT2D eigenvalue weighted by atomic mass is 32.1. The first-order chi connectivity index (χ1) is 11.2. The summed E-state index contributed by atoms with van der Waals surface area (Å²) in [6.07, 6.45) is 9.10. The quantitative estimate of drug-likeness (QED) is 0.450. The minimum Gasteiger partial charge on any atom is -0.493 e. The first-order valence-electron chi connectivity index (χ1n) is 8.48. The van der Waals surface area contributed by atoms with Gasteiger partial charge in [-0.05, 0) is 30.8 Å². The second-order valence-corrected chi connectivity index (χ2v) is 5.98. The number of rotatable bonds is 11. The highest BCUT2D eigenvalue weighted by molar-refractivity contribution is 7.80. The number of hydrogen-bond acceptors (Lipinski definition) is 3. The molecule has 0 amide bonds. The van der Waals surface area contributed by atoms with Gasteiger partial charge in [0, 0.05) is 18.3 Å². The largest absolute Gasteiger partial charge is 0.493 e. The van der Waals surface area contributed by atoms with Crippen LogP contribution < -0.4 is 20.1 Å². The predicted molar refractivity (Wildman–Crippen MR) is 102 cm³/mol. The molecule has 4 nitrogen and oxygen atoms in total. The Bertz CT molecular complexity index is 466. The summed E-state index contributed by atoms with van der Waals surface area (Å²) >= 11 is 5.32. The summed E-state index contributed by atoms with van der Waals surface area (Å²) in [5, 5.41) is 7.06. The molecule has 23 heavy (non-hydrogen) atoms. The SMILES string of the molecule is CCCCCCCCCNC(=S)Nc1ccc(OC)c(OC)c1. The molecule has 0 aliphatic heterocycles. The zero-order chi connectivity index (χ0) is 16.9. The summed E-state index contributed by atoms with van der Waals surface area (Å²) in [7, 11) is 3.25. The van der Waals surface area contributed by atoms with E-state index in [9.17, 15) is 0 Å². The molecule has 0 saturated heterocycles. The van der Waals surface area contributed by atoms with Gasteiger partial charge in [-0.15, -0.1) is 0 Å². The average Bonchev–Trinajstić information content (AvgIpc) is 2.57. The minimum absolute atomic E-state index is 0.642. The van der Waals surface area contributed by atoms with Crippen molar-refractivity contribution in [3.05, 3.63) is 18.2 Å². The van der Waals surface area contributed by atoms with Crippen molar-refractivity contribution < 1.29 is 9.47 Å². The van der Waals surface area contributed by atoms with Crippen molar-refractivity contribution in [2.45, 2.75) is 51.9 Å². The summed E-state index contributed by atoms with van der Waals surface area (Å²) in [5.41, 5.74) is 0.889. The summed E-state index contributed by atoms with van der Waals surface area (Å²) in [5.74, 6) is 1.40. The van der Waals surface area contributed by atoms with Crippen LogP contribution in [-0.4, -0.2) is 25.9 Å². The zero-order valence-corrected chi connectivity index (χ0v) is 15.4. The normalized spacial score (nSPS) is 10.2. The Morgan fingerprint density at radius 1 is 0.957 bits per heavy atom. The lowest BCUT2D eigenvalue weighted by Gasteiger charge is -2.13. The van der Waals surface area contributed by atoms with E-state index in [1.54, 1.807) is 14.2 Å². The van der Waals surface area contributed by atoms with Gasteiger partial charge in [0.2, 0.25) is 0 Å². The second kappa shape index (κ2) is 12.0. The Morgan fingerprint density at radius 2 is 1.61 bits per heavy atom. The van der Waals surface area contributed by atoms with Gasteiger partial charge in [-0.2, -0.15) is 0 Å². The predicted octanol–water partition coefficient (Wildman–Crippen LogP) is 4.74. The van der Waals surface area contributed by atoms with Crippen molar-refractivity contribution in [3.8, 4) is 11.5 Å². The van der Waals surface area contributed by atoms with Gasteiger partial charge >= 0.3 is 0 Å². The fourth-order valence-corrected chi connectivity index (χ4v) is 2.59. The maximum absolute atomic E-state index is 5.32. The van der Waals surface area contributed by atoms with Crippen molar-refractivity contribution >= 4 is 23.0 Å². The van der Waals surface area contributed by atoms with Gasteiger partial charge in [0.25, 0.3) is 0 Å². The molecule has 1 aromatic rings. The van der Waals surface area contributed by atoms with Crippen LogP contribution in [0.15, 0.2) is 18.2 Å². The third-order valence-electron chi connectivity index (χ3n) is 3.71. The number of thiocarbonyl (C=S) groups is 1. The van der Waals surface area contributed by atoms with Gasteiger partial charge in [-0.1, -0.05) is 45.4 Å². The molecular weight excluding hydrogens is 308 g/mol. The Balaban J connectivity index is 2.21. The first-order valence-corrected chi connectivity index (χ1v) is 8.89. The number of ether oxygens (including phenoxy) is 2. The van der Waals surface area contributed by atoms with E-state index in [0.29, 0.717) is 16.6 Å². The van der Waals surface area contributed by atoms with E-state index < -0.39 is 0 Å². The van der Waals surface area contributed by atoms with Crippen LogP contribution in [0.25, 0.3) is 0 Å². The molecule has 1 aromatic carbocycles. The van der Waals surface area contributed by atoms with E-state index in [4.69, 9.17) is 21.7 Å². The average molecular weight is 339 g/mol. The summed E-state index contributed by atoms with van der Waals surface area (Å²) in [6, 6.07) is 5.66. The maximum atomic E-state index is 5.32. The van der Waals surface area contributed by atoms with Gasteiger partial charge in [0.1, 0.15) is 0 Å². The van der Waals surface area contributed by atoms with Gasteiger partial charge in [0.15, 0.2) is 16.6 Å². The van der Waals surface area contributed by atoms with E-state index in [2.05, 4.69) is 17.6 Å². The zero-order valence-electron chi connectivity index (χ0n) is 14.6. The molecule has 0 aliphatic carbocycles. The lowest BCUT2D eigenvalue weighted by atomic mass is 10.1. The summed E-state index contributed by atoms with van der Waals surface area (Å²) in [6.45, 7) is 3.16. The molecule has 2 N–H and O–H groups in total. The van der Waals surface area contributed by atoms with Crippen LogP contribution in [0.5, 0.6) is 11.5 Å². The summed E-state index contributed by atoms with van der Waals surface area (Å²) in [4.78, 5) is 0. The molecule has 0 spiro atoms. The molecule has 0 aliphatic rings. The molecule has 0 heterocycles. The molecule has 0 saturated carbocycles. The lowest BCUT2D eigenvalue weighted by Crippen LogP contribution is -2.29. The van der Waals surface area contributed by atoms with Crippen LogP contribution in [-0.2, 0) is 0 Å². The van der Waals surface area contributed by atoms with Crippen molar-refractivity contribution in [3.63, 3.8) is 0 Å². The molecule has 0 bridgehead atoms. The number of methoxy groups -OCH3 is 2. The van der Waals surface area contributed by atoms with E-state index in [-0.39, 0.29) is 0 Å². The lowest BCUT2D eigenvalue weighted by molar-refractivity contribution is 0.355. The molecule has 5 heteroatoms. The highest BCUT2D eigenvalue weighted by Gasteiger charge is 2.05. The Labute approximate surface area is 145 Å². The molecule has 1 rings (SSSR count). The first kappa shape index (κ1) is 19.6. The van der Waals surface area contributed by atoms with Crippen molar-refractivity contribution in [2.24, 2.45) is 0 Å². The van der Waals surface area contributed by atoms with Crippen molar-refractivity contribution in [1.82, 2.24) is 5.32 Å². The summed E-state index contributed by atoms with van der Waals surface area (Å²) < 4.78 is 10.5. The van der Waals surface area contributed by atoms with E-state index in [1.807, 2.05) is 18.2 Å². The number of anilines is 1. The van der Waals surface area contributed by atoms with Crippen molar-refractivity contribution in [2.75, 3.05) is 26.1 Å². The van der Waals surface area contributed by atoms with Gasteiger partial charge in [-0.3, -0.25) is 0 Å². The number of unbranched alkanes of at least 4 members (excludes halogenated alkanes) is 6. The fraction of sp³-hybridized carbons (Fsp3) is 0.611. The minimum atomic E-state index is 0.642. The number of nitrogens with one attached hydrogen (secondary N) is 2. The smallest absolute Gasteiger partial charge is 0.170 e. The molecule has 0 radical (unpaired) electrons. The highest BCUT2D eigenvalue weighted by Crippen LogP contribution is 2.29. The Hall–Kier alpha value is -1.49. The van der Waals surface area contributed by atoms with Crippen LogP contribution >= 0.6 is 12.2 Å². The molecule has 130 valence electrons. The van der Waals surface area contributed by atoms with Crippen LogP contribution in [0, 0.1) is 0 Å². The standard InChI is InChI=1S/C18H30N2O2S/c1-4-5-6-7-8-9-10-13-19-18(23)20-15-11-12-16(21-2)17(14-15)22-3/h11-12,14H,4-10,13H2,1-3H3,(H2,19,20,23). The van der Waals surface area contributed by atoms with Crippen LogP contribution in [0.3, 0.4) is 0 Å². The fourth-order valence-electron chi connectivity index (χ4n) is 2.37. The number of benzene rings is 1. The Morgan fingerprint density at radius 3 is 2.26 bits per heavy atom. The maximum Gasteiger partial charge on any atom is 0.170 e. The monoisotopic (exact) mass is 338 g/mol. The molecule has 0 unspecified atom stereocenters. The third kappa shape index (κ3) is 8.07. The van der Waals surface area contributed by atoms with Gasteiger partial charge in [0.05, 0.1) is 14.2 Å². The second-order valence-electron chi connectivity index (χ2n) is 5.57. The third-order valence-corrected chi connectivity index (χ3v) is 3.95. The molecule has 0 atom stereocenters. The molecule has 0 fully saturated rings. The number of hydrogen-bond donors (Lipinski definition) is 2. The van der Waals surface area contributed by atoms with E-state index >= 15 is 0 Å². The van der Waals surface area contributed by atoms with Crippen LogP contribution in [0.2, 0.25) is 0 Å². The van der Waals surface area contributed by atoms with E-state index in [1.165, 1.54) is 38.5 Å². The van der Waals surface area contributed by atoms with Gasteiger partial charge < -0.3 is 20.1 Å². The van der Waals surface area contributed by atoms with E-state index in [0.717, 1.165) is 18.7 Å². The topological polar surface area (TPSA) is 42.5 Å². The molecular formula is C18H30N2O2S. The Kier molecular flexibility index (Phi) is 10.2. The van der Waals surface area contributed by atoms with Gasteiger partial charge in [-0.25, -0.2) is 0 Å². The van der Waals surface area contributed by atoms with Crippen LogP contribution in [0.4, 0.5) is 5.69 Å². The van der Waals surface area contributed by atoms with Crippen molar-refractivity contribution in [1.29, 1.82) is 0 Å².